The molecule has 1 aliphatic heterocycles. The first-order chi connectivity index (χ1) is 8.60. The molecule has 4 rings (SSSR count). The van der Waals surface area contributed by atoms with Crippen molar-refractivity contribution in [3.8, 4) is 0 Å². The van der Waals surface area contributed by atoms with Gasteiger partial charge in [-0.2, -0.15) is 4.31 Å². The zero-order valence-corrected chi connectivity index (χ0v) is 11.3. The molecule has 4 aliphatic rings. The first-order valence-electron chi connectivity index (χ1n) is 7.31. The van der Waals surface area contributed by atoms with Gasteiger partial charge < -0.3 is 5.11 Å². The molecule has 3 aliphatic carbocycles. The lowest BCUT2D eigenvalue weighted by Gasteiger charge is -2.35. The first-order valence-corrected chi connectivity index (χ1v) is 8.81. The second-order valence-electron chi connectivity index (χ2n) is 6.58. The quantitative estimate of drug-likeness (QED) is 0.777. The highest BCUT2D eigenvalue weighted by Gasteiger charge is 2.67. The van der Waals surface area contributed by atoms with Gasteiger partial charge in [-0.15, -0.1) is 0 Å². The Hall–Kier alpha value is -0.130. The van der Waals surface area contributed by atoms with Crippen molar-refractivity contribution >= 4 is 10.0 Å². The lowest BCUT2D eigenvalue weighted by atomic mass is 9.89. The van der Waals surface area contributed by atoms with Crippen molar-refractivity contribution in [1.29, 1.82) is 0 Å². The van der Waals surface area contributed by atoms with Gasteiger partial charge in [0.2, 0.25) is 10.0 Å². The Morgan fingerprint density at radius 1 is 1.06 bits per heavy atom. The monoisotopic (exact) mass is 271 g/mol. The minimum Gasteiger partial charge on any atom is -0.391 e. The molecule has 1 heterocycles. The zero-order chi connectivity index (χ0) is 12.5. The number of aliphatic hydroxyl groups is 1. The molecule has 1 N–H and O–H groups in total. The van der Waals surface area contributed by atoms with E-state index in [1.807, 2.05) is 0 Å². The lowest BCUT2D eigenvalue weighted by Crippen LogP contribution is -2.47. The second kappa shape index (κ2) is 3.70. The average Bonchev–Trinajstić information content (AvgIpc) is 2.95. The number of hydrogen-bond donors (Lipinski definition) is 1. The first kappa shape index (κ1) is 11.7. The van der Waals surface area contributed by atoms with E-state index >= 15 is 0 Å². The Kier molecular flexibility index (Phi) is 2.40. The van der Waals surface area contributed by atoms with Crippen LogP contribution in [0.25, 0.3) is 0 Å². The summed E-state index contributed by atoms with van der Waals surface area (Å²) in [6, 6.07) is 0.0922. The highest BCUT2D eigenvalue weighted by Crippen LogP contribution is 2.56. The fraction of sp³-hybridized carbons (Fsp3) is 1.00. The third-order valence-corrected chi connectivity index (χ3v) is 8.20. The molecule has 2 bridgehead atoms. The van der Waals surface area contributed by atoms with Gasteiger partial charge in [0.1, 0.15) is 0 Å². The van der Waals surface area contributed by atoms with Gasteiger partial charge >= 0.3 is 0 Å². The SMILES string of the molecule is O=S1(=O)C2CC3CC2C(C3O)N1C1CCCCC1. The summed E-state index contributed by atoms with van der Waals surface area (Å²) in [6.07, 6.45) is 6.72. The van der Waals surface area contributed by atoms with E-state index in [4.69, 9.17) is 0 Å². The minimum absolute atomic E-state index is 0.0816. The van der Waals surface area contributed by atoms with E-state index < -0.39 is 16.1 Å². The molecule has 0 radical (unpaired) electrons. The highest BCUT2D eigenvalue weighted by atomic mass is 32.2. The molecule has 0 aromatic carbocycles. The van der Waals surface area contributed by atoms with Crippen LogP contribution in [0, 0.1) is 11.8 Å². The summed E-state index contributed by atoms with van der Waals surface area (Å²) in [7, 11) is -3.13. The van der Waals surface area contributed by atoms with Crippen molar-refractivity contribution < 1.29 is 13.5 Å². The van der Waals surface area contributed by atoms with Gasteiger partial charge in [-0.25, -0.2) is 8.42 Å². The number of nitrogens with zero attached hydrogens (tertiary/aromatic N) is 1. The zero-order valence-electron chi connectivity index (χ0n) is 10.5. The normalized spacial score (nSPS) is 51.1. The summed E-state index contributed by atoms with van der Waals surface area (Å²) in [4.78, 5) is 0. The number of aliphatic hydroxyl groups excluding tert-OH is 1. The van der Waals surface area contributed by atoms with Crippen LogP contribution in [-0.2, 0) is 10.0 Å². The largest absolute Gasteiger partial charge is 0.391 e. The summed E-state index contributed by atoms with van der Waals surface area (Å²) < 4.78 is 27.1. The van der Waals surface area contributed by atoms with Crippen LogP contribution in [0.2, 0.25) is 0 Å². The maximum absolute atomic E-state index is 12.7. The molecule has 3 saturated carbocycles. The predicted molar refractivity (Wildman–Crippen MR) is 67.4 cm³/mol. The van der Waals surface area contributed by atoms with E-state index in [1.165, 1.54) is 6.42 Å². The van der Waals surface area contributed by atoms with Crippen molar-refractivity contribution in [2.45, 2.75) is 68.4 Å². The number of hydrogen-bond acceptors (Lipinski definition) is 3. The standard InChI is InChI=1S/C13H21NO3S/c15-13-8-6-10-11(7-8)18(16,17)14(12(10)13)9-4-2-1-3-5-9/h8-13,15H,1-7H2. The van der Waals surface area contributed by atoms with Crippen LogP contribution in [0.4, 0.5) is 0 Å². The van der Waals surface area contributed by atoms with Crippen molar-refractivity contribution in [1.82, 2.24) is 4.31 Å². The summed E-state index contributed by atoms with van der Waals surface area (Å²) in [5.41, 5.74) is 0. The second-order valence-corrected chi connectivity index (χ2v) is 8.64. The van der Waals surface area contributed by atoms with Crippen molar-refractivity contribution in [2.75, 3.05) is 0 Å². The molecule has 102 valence electrons. The van der Waals surface area contributed by atoms with Crippen LogP contribution >= 0.6 is 0 Å². The molecule has 0 aromatic heterocycles. The summed E-state index contributed by atoms with van der Waals surface area (Å²) in [5.74, 6) is 0.463. The van der Waals surface area contributed by atoms with E-state index in [9.17, 15) is 13.5 Å². The molecular weight excluding hydrogens is 250 g/mol. The molecule has 4 fully saturated rings. The maximum atomic E-state index is 12.7. The summed E-state index contributed by atoms with van der Waals surface area (Å²) in [6.45, 7) is 0. The lowest BCUT2D eigenvalue weighted by molar-refractivity contribution is 0.0453. The van der Waals surface area contributed by atoms with E-state index in [0.29, 0.717) is 6.42 Å². The fourth-order valence-corrected chi connectivity index (χ4v) is 7.80. The van der Waals surface area contributed by atoms with Crippen LogP contribution < -0.4 is 0 Å². The van der Waals surface area contributed by atoms with Crippen molar-refractivity contribution in [3.63, 3.8) is 0 Å². The van der Waals surface area contributed by atoms with Gasteiger partial charge in [-0.1, -0.05) is 19.3 Å². The van der Waals surface area contributed by atoms with Gasteiger partial charge in [0.25, 0.3) is 0 Å². The molecular formula is C13H21NO3S. The topological polar surface area (TPSA) is 57.6 Å². The predicted octanol–water partition coefficient (Wildman–Crippen LogP) is 1.10. The molecule has 18 heavy (non-hydrogen) atoms. The maximum Gasteiger partial charge on any atom is 0.217 e. The molecule has 4 nitrogen and oxygen atoms in total. The van der Waals surface area contributed by atoms with Gasteiger partial charge in [-0.3, -0.25) is 0 Å². The van der Waals surface area contributed by atoms with Gasteiger partial charge in [0.15, 0.2) is 0 Å². The summed E-state index contributed by atoms with van der Waals surface area (Å²) in [5, 5.41) is 10.2. The third-order valence-electron chi connectivity index (χ3n) is 5.76. The molecule has 5 atom stereocenters. The number of fused-ring (bicyclic) bond motifs is 1. The molecule has 0 aromatic rings. The van der Waals surface area contributed by atoms with Crippen LogP contribution in [0.3, 0.4) is 0 Å². The smallest absolute Gasteiger partial charge is 0.217 e. The summed E-state index contributed by atoms with van der Waals surface area (Å²) >= 11 is 0. The van der Waals surface area contributed by atoms with Crippen molar-refractivity contribution in [3.05, 3.63) is 0 Å². The highest BCUT2D eigenvalue weighted by molar-refractivity contribution is 7.90. The Balaban J connectivity index is 1.73. The number of rotatable bonds is 1. The Labute approximate surface area is 108 Å². The minimum atomic E-state index is -3.13. The van der Waals surface area contributed by atoms with Crippen LogP contribution in [0.15, 0.2) is 0 Å². The Morgan fingerprint density at radius 3 is 2.44 bits per heavy atom. The molecule has 5 heteroatoms. The van der Waals surface area contributed by atoms with Crippen molar-refractivity contribution in [2.24, 2.45) is 11.8 Å². The third kappa shape index (κ3) is 1.30. The molecule has 0 spiro atoms. The molecule has 1 saturated heterocycles. The van der Waals surface area contributed by atoms with Gasteiger partial charge in [0, 0.05) is 6.04 Å². The van der Waals surface area contributed by atoms with Crippen LogP contribution in [0.5, 0.6) is 0 Å². The Bertz CT molecular complexity index is 457. The fourth-order valence-electron chi connectivity index (χ4n) is 5.04. The van der Waals surface area contributed by atoms with Gasteiger partial charge in [0.05, 0.1) is 17.4 Å². The van der Waals surface area contributed by atoms with Crippen LogP contribution in [0.1, 0.15) is 44.9 Å². The van der Waals surface area contributed by atoms with E-state index in [1.54, 1.807) is 4.31 Å². The van der Waals surface area contributed by atoms with E-state index in [-0.39, 0.29) is 29.2 Å². The van der Waals surface area contributed by atoms with Gasteiger partial charge in [-0.05, 0) is 37.5 Å². The van der Waals surface area contributed by atoms with E-state index in [2.05, 4.69) is 0 Å². The Morgan fingerprint density at radius 2 is 1.78 bits per heavy atom. The molecule has 5 unspecified atom stereocenters. The molecule has 0 amide bonds. The van der Waals surface area contributed by atoms with E-state index in [0.717, 1.165) is 32.1 Å². The number of sulfonamides is 1. The van der Waals surface area contributed by atoms with Crippen LogP contribution in [-0.4, -0.2) is 41.3 Å². The average molecular weight is 271 g/mol.